The average molecular weight is 302 g/mol. The van der Waals surface area contributed by atoms with E-state index in [9.17, 15) is 9.59 Å². The van der Waals surface area contributed by atoms with Crippen molar-refractivity contribution in [3.8, 4) is 0 Å². The Morgan fingerprint density at radius 1 is 1.36 bits per heavy atom. The molecule has 1 atom stereocenters. The SMILES string of the molecule is Cc1ccccc1C(C)N(C)C(=O)Cn1cc(C(=O)O)nn1. The van der Waals surface area contributed by atoms with E-state index in [0.717, 1.165) is 11.1 Å². The van der Waals surface area contributed by atoms with Gasteiger partial charge in [0.25, 0.3) is 0 Å². The van der Waals surface area contributed by atoms with Crippen LogP contribution in [-0.2, 0) is 11.3 Å². The van der Waals surface area contributed by atoms with Gasteiger partial charge in [-0.25, -0.2) is 9.48 Å². The fourth-order valence-corrected chi connectivity index (χ4v) is 2.20. The predicted octanol–water partition coefficient (Wildman–Crippen LogP) is 1.50. The van der Waals surface area contributed by atoms with Crippen LogP contribution in [0.2, 0.25) is 0 Å². The molecule has 22 heavy (non-hydrogen) atoms. The maximum Gasteiger partial charge on any atom is 0.358 e. The van der Waals surface area contributed by atoms with Gasteiger partial charge >= 0.3 is 5.97 Å². The number of aromatic nitrogens is 3. The van der Waals surface area contributed by atoms with Gasteiger partial charge in [-0.15, -0.1) is 5.10 Å². The lowest BCUT2D eigenvalue weighted by molar-refractivity contribution is -0.132. The lowest BCUT2D eigenvalue weighted by atomic mass is 10.0. The molecule has 0 saturated carbocycles. The molecular formula is C15H18N4O3. The van der Waals surface area contributed by atoms with Crippen molar-refractivity contribution in [3.05, 3.63) is 47.3 Å². The molecule has 1 heterocycles. The van der Waals surface area contributed by atoms with Crippen molar-refractivity contribution in [2.75, 3.05) is 7.05 Å². The smallest absolute Gasteiger partial charge is 0.358 e. The van der Waals surface area contributed by atoms with Gasteiger partial charge in [0.1, 0.15) is 6.54 Å². The van der Waals surface area contributed by atoms with E-state index in [1.807, 2.05) is 38.1 Å². The molecule has 1 N–H and O–H groups in total. The third kappa shape index (κ3) is 3.30. The Bertz CT molecular complexity index is 696. The fraction of sp³-hybridized carbons (Fsp3) is 0.333. The van der Waals surface area contributed by atoms with E-state index >= 15 is 0 Å². The highest BCUT2D eigenvalue weighted by atomic mass is 16.4. The van der Waals surface area contributed by atoms with E-state index in [0.29, 0.717) is 0 Å². The summed E-state index contributed by atoms with van der Waals surface area (Å²) >= 11 is 0. The van der Waals surface area contributed by atoms with Crippen LogP contribution in [0.25, 0.3) is 0 Å². The third-order valence-electron chi connectivity index (χ3n) is 3.67. The summed E-state index contributed by atoms with van der Waals surface area (Å²) in [5, 5.41) is 15.9. The van der Waals surface area contributed by atoms with Crippen molar-refractivity contribution >= 4 is 11.9 Å². The second-order valence-corrected chi connectivity index (χ2v) is 5.14. The lowest BCUT2D eigenvalue weighted by Crippen LogP contribution is -2.33. The minimum atomic E-state index is -1.17. The molecule has 0 fully saturated rings. The Kier molecular flexibility index (Phi) is 4.55. The van der Waals surface area contributed by atoms with Crippen molar-refractivity contribution in [2.45, 2.75) is 26.4 Å². The third-order valence-corrected chi connectivity index (χ3v) is 3.67. The fourth-order valence-electron chi connectivity index (χ4n) is 2.20. The predicted molar refractivity (Wildman–Crippen MR) is 79.3 cm³/mol. The Morgan fingerprint density at radius 3 is 2.64 bits per heavy atom. The zero-order chi connectivity index (χ0) is 16.3. The van der Waals surface area contributed by atoms with Crippen LogP contribution < -0.4 is 0 Å². The quantitative estimate of drug-likeness (QED) is 0.904. The average Bonchev–Trinajstić information content (AvgIpc) is 2.95. The summed E-state index contributed by atoms with van der Waals surface area (Å²) < 4.78 is 1.23. The van der Waals surface area contributed by atoms with E-state index in [2.05, 4.69) is 10.3 Å². The molecule has 0 spiro atoms. The van der Waals surface area contributed by atoms with E-state index in [1.54, 1.807) is 11.9 Å². The second-order valence-electron chi connectivity index (χ2n) is 5.14. The number of likely N-dealkylation sites (N-methyl/N-ethyl adjacent to an activating group) is 1. The van der Waals surface area contributed by atoms with Gasteiger partial charge in [0.2, 0.25) is 5.91 Å². The van der Waals surface area contributed by atoms with Crippen molar-refractivity contribution in [2.24, 2.45) is 0 Å². The molecule has 7 nitrogen and oxygen atoms in total. The number of rotatable bonds is 5. The summed E-state index contributed by atoms with van der Waals surface area (Å²) in [6, 6.07) is 7.79. The maximum atomic E-state index is 12.3. The molecule has 0 aliphatic carbocycles. The van der Waals surface area contributed by atoms with E-state index in [4.69, 9.17) is 5.11 Å². The molecule has 0 aliphatic rings. The van der Waals surface area contributed by atoms with Gasteiger partial charge in [-0.2, -0.15) is 0 Å². The van der Waals surface area contributed by atoms with Gasteiger partial charge in [-0.1, -0.05) is 29.5 Å². The van der Waals surface area contributed by atoms with Gasteiger partial charge < -0.3 is 10.0 Å². The Morgan fingerprint density at radius 2 is 2.05 bits per heavy atom. The van der Waals surface area contributed by atoms with Crippen LogP contribution in [0.1, 0.15) is 34.6 Å². The minimum absolute atomic E-state index is 0.0486. The topological polar surface area (TPSA) is 88.3 Å². The van der Waals surface area contributed by atoms with E-state index in [-0.39, 0.29) is 24.2 Å². The molecule has 0 aliphatic heterocycles. The van der Waals surface area contributed by atoms with Crippen molar-refractivity contribution in [3.63, 3.8) is 0 Å². The number of carbonyl (C=O) groups is 2. The highest BCUT2D eigenvalue weighted by Crippen LogP contribution is 2.22. The largest absolute Gasteiger partial charge is 0.476 e. The Balaban J connectivity index is 2.08. The Hall–Kier alpha value is -2.70. The van der Waals surface area contributed by atoms with Gasteiger partial charge in [0.15, 0.2) is 5.69 Å². The molecule has 1 aromatic heterocycles. The van der Waals surface area contributed by atoms with Gasteiger partial charge in [-0.3, -0.25) is 4.79 Å². The van der Waals surface area contributed by atoms with Crippen LogP contribution in [0.5, 0.6) is 0 Å². The monoisotopic (exact) mass is 302 g/mol. The van der Waals surface area contributed by atoms with Gasteiger partial charge in [-0.05, 0) is 25.0 Å². The first kappa shape index (κ1) is 15.7. The summed E-state index contributed by atoms with van der Waals surface area (Å²) in [6.45, 7) is 3.90. The van der Waals surface area contributed by atoms with Gasteiger partial charge in [0, 0.05) is 7.05 Å². The maximum absolute atomic E-state index is 12.3. The molecule has 1 aromatic carbocycles. The standard InChI is InChI=1S/C15H18N4O3/c1-10-6-4-5-7-12(10)11(2)18(3)14(20)9-19-8-13(15(21)22)16-17-19/h4-8,11H,9H2,1-3H3,(H,21,22). The number of carboxylic acid groups (broad SMARTS) is 1. The molecule has 2 aromatic rings. The zero-order valence-corrected chi connectivity index (χ0v) is 12.7. The number of carbonyl (C=O) groups excluding carboxylic acids is 1. The van der Waals surface area contributed by atoms with Crippen LogP contribution in [0, 0.1) is 6.92 Å². The molecule has 0 radical (unpaired) electrons. The molecule has 0 saturated heterocycles. The molecule has 7 heteroatoms. The number of nitrogens with zero attached hydrogens (tertiary/aromatic N) is 4. The normalized spacial score (nSPS) is 12.0. The molecule has 2 rings (SSSR count). The number of aromatic carboxylic acids is 1. The number of aryl methyl sites for hydroxylation is 1. The summed E-state index contributed by atoms with van der Waals surface area (Å²) in [5.74, 6) is -1.34. The first-order chi connectivity index (χ1) is 10.4. The number of benzene rings is 1. The summed E-state index contributed by atoms with van der Waals surface area (Å²) in [7, 11) is 1.72. The van der Waals surface area contributed by atoms with Crippen molar-refractivity contribution in [1.82, 2.24) is 19.9 Å². The molecule has 116 valence electrons. The summed E-state index contributed by atoms with van der Waals surface area (Å²) in [5.41, 5.74) is 2.01. The molecule has 0 bridgehead atoms. The van der Waals surface area contributed by atoms with Crippen molar-refractivity contribution < 1.29 is 14.7 Å². The summed E-state index contributed by atoms with van der Waals surface area (Å²) in [4.78, 5) is 24.7. The second kappa shape index (κ2) is 6.38. The van der Waals surface area contributed by atoms with E-state index < -0.39 is 5.97 Å². The first-order valence-corrected chi connectivity index (χ1v) is 6.84. The zero-order valence-electron chi connectivity index (χ0n) is 12.7. The number of hydrogen-bond acceptors (Lipinski definition) is 4. The number of hydrogen-bond donors (Lipinski definition) is 1. The lowest BCUT2D eigenvalue weighted by Gasteiger charge is -2.26. The van der Waals surface area contributed by atoms with Gasteiger partial charge in [0.05, 0.1) is 12.2 Å². The van der Waals surface area contributed by atoms with Crippen LogP contribution in [0.4, 0.5) is 0 Å². The number of amides is 1. The highest BCUT2D eigenvalue weighted by Gasteiger charge is 2.20. The van der Waals surface area contributed by atoms with Crippen LogP contribution >= 0.6 is 0 Å². The Labute approximate surface area is 128 Å². The molecule has 1 unspecified atom stereocenters. The molecule has 1 amide bonds. The van der Waals surface area contributed by atoms with Crippen LogP contribution in [0.3, 0.4) is 0 Å². The highest BCUT2D eigenvalue weighted by molar-refractivity contribution is 5.84. The first-order valence-electron chi connectivity index (χ1n) is 6.84. The van der Waals surface area contributed by atoms with Crippen LogP contribution in [-0.4, -0.2) is 43.9 Å². The number of carboxylic acids is 1. The molecular weight excluding hydrogens is 284 g/mol. The van der Waals surface area contributed by atoms with Crippen molar-refractivity contribution in [1.29, 1.82) is 0 Å². The van der Waals surface area contributed by atoms with E-state index in [1.165, 1.54) is 10.9 Å². The minimum Gasteiger partial charge on any atom is -0.476 e. The van der Waals surface area contributed by atoms with Crippen LogP contribution in [0.15, 0.2) is 30.5 Å². The summed E-state index contributed by atoms with van der Waals surface area (Å²) in [6.07, 6.45) is 1.24.